The minimum Gasteiger partial charge on any atom is -0.377 e. The van der Waals surface area contributed by atoms with Crippen LogP contribution in [-0.2, 0) is 4.74 Å². The summed E-state index contributed by atoms with van der Waals surface area (Å²) in [5.74, 6) is 0. The van der Waals surface area contributed by atoms with E-state index < -0.39 is 12.6 Å². The van der Waals surface area contributed by atoms with Crippen molar-refractivity contribution in [3.05, 3.63) is 0 Å². The monoisotopic (exact) mass is 118 g/mol. The summed E-state index contributed by atoms with van der Waals surface area (Å²) in [6.45, 7) is 3.29. The van der Waals surface area contributed by atoms with E-state index in [0.717, 1.165) is 13.0 Å². The van der Waals surface area contributed by atoms with Crippen molar-refractivity contribution in [1.29, 1.82) is 0 Å². The number of hydrogen-bond donors (Lipinski definition) is 1. The van der Waals surface area contributed by atoms with Crippen LogP contribution >= 0.6 is 0 Å². The molecule has 0 aliphatic carbocycles. The molecule has 0 amide bonds. The predicted molar refractivity (Wildman–Crippen MR) is 32.9 cm³/mol. The highest BCUT2D eigenvalue weighted by Crippen LogP contribution is 2.16. The molecule has 1 saturated heterocycles. The molecule has 1 rings (SSSR count). The van der Waals surface area contributed by atoms with Crippen LogP contribution in [0.1, 0.15) is 17.5 Å². The molecular weight excluding hydrogens is 102 g/mol. The molecule has 0 radical (unpaired) electrons. The van der Waals surface area contributed by atoms with E-state index in [-0.39, 0.29) is 0 Å². The molecule has 1 atom stereocenters. The van der Waals surface area contributed by atoms with Crippen molar-refractivity contribution in [3.63, 3.8) is 0 Å². The third-order valence-corrected chi connectivity index (χ3v) is 1.58. The lowest BCUT2D eigenvalue weighted by molar-refractivity contribution is 0.0242. The Kier molecular flexibility index (Phi) is 0.809. The largest absolute Gasteiger partial charge is 0.377 e. The lowest BCUT2D eigenvalue weighted by Crippen LogP contribution is -2.29. The van der Waals surface area contributed by atoms with Gasteiger partial charge in [-0.15, -0.1) is 0 Å². The first kappa shape index (κ1) is 3.18. The SMILES string of the molecule is [2H]C([2H])([2H])OC1(C)CCNC1. The van der Waals surface area contributed by atoms with Crippen LogP contribution < -0.4 is 5.32 Å². The molecule has 2 nitrogen and oxygen atoms in total. The molecule has 1 aliphatic heterocycles. The number of nitrogens with one attached hydrogen (secondary N) is 1. The van der Waals surface area contributed by atoms with Crippen LogP contribution in [-0.4, -0.2) is 25.7 Å². The molecule has 1 fully saturated rings. The van der Waals surface area contributed by atoms with Gasteiger partial charge in [-0.2, -0.15) is 0 Å². The van der Waals surface area contributed by atoms with Crippen LogP contribution in [0.5, 0.6) is 0 Å². The Morgan fingerprint density at radius 2 is 2.75 bits per heavy atom. The maximum absolute atomic E-state index is 6.91. The minimum absolute atomic E-state index is 0.495. The molecule has 0 aromatic carbocycles. The smallest absolute Gasteiger partial charge is 0.0786 e. The summed E-state index contributed by atoms with van der Waals surface area (Å²) >= 11 is 0. The van der Waals surface area contributed by atoms with Gasteiger partial charge in [-0.05, 0) is 19.9 Å². The summed E-state index contributed by atoms with van der Waals surface area (Å²) in [6.07, 6.45) is 0.769. The molecule has 1 aliphatic rings. The molecule has 0 saturated carbocycles. The van der Waals surface area contributed by atoms with Gasteiger partial charge < -0.3 is 10.1 Å². The maximum atomic E-state index is 6.91. The first-order chi connectivity index (χ1) is 4.91. The van der Waals surface area contributed by atoms with Crippen LogP contribution in [0.25, 0.3) is 0 Å². The number of ether oxygens (including phenoxy) is 1. The average Bonchev–Trinajstić information content (AvgIpc) is 2.09. The second-order valence-electron chi connectivity index (χ2n) is 2.48. The zero-order valence-corrected chi connectivity index (χ0v) is 5.03. The van der Waals surface area contributed by atoms with Crippen molar-refractivity contribution in [2.45, 2.75) is 18.9 Å². The fourth-order valence-corrected chi connectivity index (χ4v) is 0.881. The van der Waals surface area contributed by atoms with Crippen LogP contribution in [0.15, 0.2) is 0 Å². The molecule has 0 aromatic rings. The molecule has 0 spiro atoms. The normalized spacial score (nSPS) is 45.4. The third kappa shape index (κ3) is 1.01. The van der Waals surface area contributed by atoms with Gasteiger partial charge in [0.1, 0.15) is 0 Å². The molecule has 0 bridgehead atoms. The highest BCUT2D eigenvalue weighted by atomic mass is 16.5. The van der Waals surface area contributed by atoms with Gasteiger partial charge in [-0.3, -0.25) is 0 Å². The zero-order chi connectivity index (χ0) is 8.54. The summed E-state index contributed by atoms with van der Waals surface area (Å²) in [5, 5.41) is 3.06. The zero-order valence-electron chi connectivity index (χ0n) is 8.03. The fraction of sp³-hybridized carbons (Fsp3) is 1.00. The van der Waals surface area contributed by atoms with Crippen molar-refractivity contribution >= 4 is 0 Å². The van der Waals surface area contributed by atoms with Crippen LogP contribution in [0.4, 0.5) is 0 Å². The first-order valence-electron chi connectivity index (χ1n) is 4.32. The van der Waals surface area contributed by atoms with E-state index in [2.05, 4.69) is 5.32 Å². The standard InChI is InChI=1S/C6H13NO/c1-6(8-2)3-4-7-5-6/h7H,3-5H2,1-2H3/i2D3. The Labute approximate surface area is 54.4 Å². The van der Waals surface area contributed by atoms with E-state index in [4.69, 9.17) is 8.85 Å². The fourth-order valence-electron chi connectivity index (χ4n) is 0.881. The Bertz CT molecular complexity index is 139. The van der Waals surface area contributed by atoms with Gasteiger partial charge in [-0.1, -0.05) is 0 Å². The van der Waals surface area contributed by atoms with Crippen molar-refractivity contribution in [2.24, 2.45) is 0 Å². The van der Waals surface area contributed by atoms with Crippen molar-refractivity contribution in [1.82, 2.24) is 5.32 Å². The highest BCUT2D eigenvalue weighted by molar-refractivity contribution is 4.84. The second-order valence-corrected chi connectivity index (χ2v) is 2.48. The third-order valence-electron chi connectivity index (χ3n) is 1.58. The van der Waals surface area contributed by atoms with Crippen LogP contribution in [0.2, 0.25) is 0 Å². The van der Waals surface area contributed by atoms with Crippen molar-refractivity contribution in [2.75, 3.05) is 20.1 Å². The van der Waals surface area contributed by atoms with E-state index in [9.17, 15) is 0 Å². The molecule has 0 aromatic heterocycles. The van der Waals surface area contributed by atoms with Crippen LogP contribution in [0.3, 0.4) is 0 Å². The van der Waals surface area contributed by atoms with Gasteiger partial charge >= 0.3 is 0 Å². The number of rotatable bonds is 1. The number of hydrogen-bond acceptors (Lipinski definition) is 2. The summed E-state index contributed by atoms with van der Waals surface area (Å²) in [4.78, 5) is 0. The Morgan fingerprint density at radius 1 is 1.88 bits per heavy atom. The number of methoxy groups -OCH3 is 1. The van der Waals surface area contributed by atoms with Crippen LogP contribution in [0, 0.1) is 0 Å². The van der Waals surface area contributed by atoms with Crippen molar-refractivity contribution in [3.8, 4) is 0 Å². The van der Waals surface area contributed by atoms with E-state index >= 15 is 0 Å². The van der Waals surface area contributed by atoms with Crippen molar-refractivity contribution < 1.29 is 8.85 Å². The molecule has 48 valence electrons. The van der Waals surface area contributed by atoms with E-state index in [1.54, 1.807) is 0 Å². The molecule has 8 heavy (non-hydrogen) atoms. The molecule has 1 N–H and O–H groups in total. The van der Waals surface area contributed by atoms with Gasteiger partial charge in [0.05, 0.1) is 9.71 Å². The van der Waals surface area contributed by atoms with Gasteiger partial charge in [0, 0.05) is 13.6 Å². The molecule has 2 heteroatoms. The maximum Gasteiger partial charge on any atom is 0.0786 e. The highest BCUT2D eigenvalue weighted by Gasteiger charge is 2.27. The summed E-state index contributed by atoms with van der Waals surface area (Å²) in [5.41, 5.74) is -0.495. The lowest BCUT2D eigenvalue weighted by atomic mass is 10.1. The summed E-state index contributed by atoms with van der Waals surface area (Å²) in [7, 11) is -2.26. The van der Waals surface area contributed by atoms with Gasteiger partial charge in [0.15, 0.2) is 0 Å². The van der Waals surface area contributed by atoms with Gasteiger partial charge in [0.2, 0.25) is 0 Å². The Morgan fingerprint density at radius 3 is 3.25 bits per heavy atom. The second kappa shape index (κ2) is 2.03. The van der Waals surface area contributed by atoms with Gasteiger partial charge in [0.25, 0.3) is 0 Å². The van der Waals surface area contributed by atoms with E-state index in [1.807, 2.05) is 6.92 Å². The Hall–Kier alpha value is -0.0800. The first-order valence-corrected chi connectivity index (χ1v) is 2.82. The molecular formula is C6H13NO. The quantitative estimate of drug-likeness (QED) is 0.537. The summed E-state index contributed by atoms with van der Waals surface area (Å²) < 4.78 is 25.6. The molecule has 1 unspecified atom stereocenters. The van der Waals surface area contributed by atoms with E-state index in [0.29, 0.717) is 6.54 Å². The minimum atomic E-state index is -2.26. The Balaban J connectivity index is 2.46. The predicted octanol–water partition coefficient (Wildman–Crippen LogP) is 0.385. The lowest BCUT2D eigenvalue weighted by Gasteiger charge is -2.19. The summed E-state index contributed by atoms with van der Waals surface area (Å²) in [6, 6.07) is 0. The molecule has 1 heterocycles. The van der Waals surface area contributed by atoms with Gasteiger partial charge in [-0.25, -0.2) is 0 Å². The topological polar surface area (TPSA) is 21.3 Å². The average molecular weight is 118 g/mol. The van der Waals surface area contributed by atoms with E-state index in [1.165, 1.54) is 0 Å².